The van der Waals surface area contributed by atoms with Gasteiger partial charge in [-0.2, -0.15) is 0 Å². The van der Waals surface area contributed by atoms with Crippen LogP contribution in [0.3, 0.4) is 0 Å². The van der Waals surface area contributed by atoms with Gasteiger partial charge < -0.3 is 0 Å². The molecule has 7 aromatic carbocycles. The Morgan fingerprint density at radius 1 is 0.396 bits per heavy atom. The van der Waals surface area contributed by atoms with Crippen molar-refractivity contribution in [2.75, 3.05) is 0 Å². The summed E-state index contributed by atoms with van der Waals surface area (Å²) >= 11 is 1.72. The third-order valence-electron chi connectivity index (χ3n) is 9.99. The molecule has 0 saturated heterocycles. The van der Waals surface area contributed by atoms with Crippen molar-refractivity contribution in [2.24, 2.45) is 0 Å². The summed E-state index contributed by atoms with van der Waals surface area (Å²) in [6.45, 7) is 0. The molecule has 0 bridgehead atoms. The van der Waals surface area contributed by atoms with Gasteiger partial charge in [-0.25, -0.2) is 9.97 Å². The molecule has 0 unspecified atom stereocenters. The highest BCUT2D eigenvalue weighted by Gasteiger charge is 2.19. The maximum absolute atomic E-state index is 5.27. The molecule has 0 radical (unpaired) electrons. The summed E-state index contributed by atoms with van der Waals surface area (Å²) in [6.07, 6.45) is 1.99. The Morgan fingerprint density at radius 2 is 1.09 bits per heavy atom. The fraction of sp³-hybridized carbons (Fsp3) is 0. The zero-order valence-corrected chi connectivity index (χ0v) is 29.5. The number of para-hydroxylation sites is 2. The highest BCUT2D eigenvalue weighted by atomic mass is 32.1. The minimum absolute atomic E-state index is 0.913. The van der Waals surface area contributed by atoms with Crippen LogP contribution in [-0.2, 0) is 0 Å². The van der Waals surface area contributed by atoms with Crippen LogP contribution in [0.1, 0.15) is 0 Å². The van der Waals surface area contributed by atoms with E-state index in [1.807, 2.05) is 12.3 Å². The molecule has 3 aromatic heterocycles. The number of nitrogens with zero attached hydrogens (tertiary/aromatic N) is 3. The van der Waals surface area contributed by atoms with Crippen LogP contribution in [0.5, 0.6) is 0 Å². The molecule has 0 fully saturated rings. The van der Waals surface area contributed by atoms with Gasteiger partial charge in [0, 0.05) is 39.4 Å². The van der Waals surface area contributed by atoms with E-state index in [1.165, 1.54) is 21.9 Å². The first-order valence-electron chi connectivity index (χ1n) is 17.8. The molecular formula is C49H31N3S. The van der Waals surface area contributed by atoms with Gasteiger partial charge in [0.15, 0.2) is 0 Å². The van der Waals surface area contributed by atoms with E-state index in [0.717, 1.165) is 76.5 Å². The van der Waals surface area contributed by atoms with E-state index < -0.39 is 0 Å². The van der Waals surface area contributed by atoms with E-state index in [2.05, 4.69) is 176 Å². The summed E-state index contributed by atoms with van der Waals surface area (Å²) in [5, 5.41) is 4.51. The first-order chi connectivity index (χ1) is 26.3. The van der Waals surface area contributed by atoms with Crippen molar-refractivity contribution < 1.29 is 0 Å². The van der Waals surface area contributed by atoms with Gasteiger partial charge >= 0.3 is 0 Å². The third kappa shape index (κ3) is 5.57. The lowest BCUT2D eigenvalue weighted by Crippen LogP contribution is -1.95. The van der Waals surface area contributed by atoms with Crippen LogP contribution < -0.4 is 0 Å². The molecular weight excluding hydrogens is 663 g/mol. The Bertz CT molecular complexity index is 2930. The number of pyridine rings is 2. The molecule has 3 nitrogen and oxygen atoms in total. The van der Waals surface area contributed by atoms with Gasteiger partial charge in [-0.1, -0.05) is 158 Å². The molecule has 0 aliphatic rings. The van der Waals surface area contributed by atoms with E-state index in [1.54, 1.807) is 11.3 Å². The second-order valence-corrected chi connectivity index (χ2v) is 14.2. The van der Waals surface area contributed by atoms with Crippen molar-refractivity contribution in [1.29, 1.82) is 0 Å². The molecule has 0 N–H and O–H groups in total. The lowest BCUT2D eigenvalue weighted by atomic mass is 9.87. The SMILES string of the molecule is c1ccc(-c2nc3c(-c4ccc(-c5ccc6ccccc6c5-c5ccccc5-c5cc(-c6ccccc6)c6ccccc6n5)nc4)cccc3s2)cc1. The smallest absolute Gasteiger partial charge is 0.124 e. The standard InChI is InChI=1S/C49H31N3S/c1-3-14-32(15-4-1)42-30-45(51-44-24-12-11-21-39(42)44)38-20-9-10-22-40(38)47-36-19-8-7-16-33(36)26-28-41(47)43-29-27-35(31-50-43)37-23-13-25-46-48(37)52-49(53-46)34-17-5-2-6-18-34/h1-31H. The monoisotopic (exact) mass is 693 g/mol. The molecule has 0 aliphatic heterocycles. The number of thiazole rings is 1. The van der Waals surface area contributed by atoms with Crippen LogP contribution in [0.2, 0.25) is 0 Å². The van der Waals surface area contributed by atoms with E-state index in [0.29, 0.717) is 0 Å². The van der Waals surface area contributed by atoms with Crippen LogP contribution in [0.15, 0.2) is 188 Å². The summed E-state index contributed by atoms with van der Waals surface area (Å²) in [6, 6.07) is 64.1. The Morgan fingerprint density at radius 3 is 1.91 bits per heavy atom. The summed E-state index contributed by atoms with van der Waals surface area (Å²) in [4.78, 5) is 15.5. The second-order valence-electron chi connectivity index (χ2n) is 13.2. The quantitative estimate of drug-likeness (QED) is 0.174. The number of hydrogen-bond acceptors (Lipinski definition) is 4. The van der Waals surface area contributed by atoms with Gasteiger partial charge in [0.1, 0.15) is 5.01 Å². The van der Waals surface area contributed by atoms with Crippen molar-refractivity contribution >= 4 is 43.2 Å². The van der Waals surface area contributed by atoms with Crippen molar-refractivity contribution in [2.45, 2.75) is 0 Å². The lowest BCUT2D eigenvalue weighted by molar-refractivity contribution is 1.33. The highest BCUT2D eigenvalue weighted by molar-refractivity contribution is 7.21. The van der Waals surface area contributed by atoms with Gasteiger partial charge in [-0.15, -0.1) is 11.3 Å². The molecule has 10 aromatic rings. The molecule has 10 rings (SSSR count). The summed E-state index contributed by atoms with van der Waals surface area (Å²) in [7, 11) is 0. The first-order valence-corrected chi connectivity index (χ1v) is 18.6. The average Bonchev–Trinajstić information content (AvgIpc) is 3.69. The Hall–Kier alpha value is -6.75. The van der Waals surface area contributed by atoms with Crippen LogP contribution >= 0.6 is 11.3 Å². The largest absolute Gasteiger partial charge is 0.256 e. The Balaban J connectivity index is 1.12. The van der Waals surface area contributed by atoms with Crippen LogP contribution in [0.4, 0.5) is 0 Å². The molecule has 4 heteroatoms. The van der Waals surface area contributed by atoms with Crippen molar-refractivity contribution in [3.05, 3.63) is 188 Å². The molecule has 0 saturated carbocycles. The summed E-state index contributed by atoms with van der Waals surface area (Å²) in [5.41, 5.74) is 13.8. The maximum Gasteiger partial charge on any atom is 0.124 e. The topological polar surface area (TPSA) is 38.7 Å². The molecule has 0 spiro atoms. The highest BCUT2D eigenvalue weighted by Crippen LogP contribution is 2.44. The third-order valence-corrected chi connectivity index (χ3v) is 11.1. The van der Waals surface area contributed by atoms with E-state index in [4.69, 9.17) is 15.0 Å². The summed E-state index contributed by atoms with van der Waals surface area (Å²) in [5.74, 6) is 0. The van der Waals surface area contributed by atoms with Gasteiger partial charge in [0.2, 0.25) is 0 Å². The minimum atomic E-state index is 0.913. The Kier molecular flexibility index (Phi) is 7.67. The normalized spacial score (nSPS) is 11.4. The number of benzene rings is 7. The predicted molar refractivity (Wildman–Crippen MR) is 223 cm³/mol. The van der Waals surface area contributed by atoms with E-state index in [-0.39, 0.29) is 0 Å². The van der Waals surface area contributed by atoms with Crippen LogP contribution in [0, 0.1) is 0 Å². The molecule has 3 heterocycles. The van der Waals surface area contributed by atoms with Gasteiger partial charge in [-0.05, 0) is 57.3 Å². The minimum Gasteiger partial charge on any atom is -0.256 e. The molecule has 0 atom stereocenters. The van der Waals surface area contributed by atoms with Gasteiger partial charge in [-0.3, -0.25) is 4.98 Å². The Labute approximate surface area is 311 Å². The zero-order valence-electron chi connectivity index (χ0n) is 28.6. The van der Waals surface area contributed by atoms with Gasteiger partial charge in [0.05, 0.1) is 27.1 Å². The first kappa shape index (κ1) is 31.0. The van der Waals surface area contributed by atoms with Crippen molar-refractivity contribution in [3.8, 4) is 66.5 Å². The van der Waals surface area contributed by atoms with Crippen molar-refractivity contribution in [1.82, 2.24) is 15.0 Å². The van der Waals surface area contributed by atoms with Gasteiger partial charge in [0.25, 0.3) is 0 Å². The van der Waals surface area contributed by atoms with Crippen LogP contribution in [-0.4, -0.2) is 15.0 Å². The fourth-order valence-electron chi connectivity index (χ4n) is 7.47. The number of hydrogen-bond donors (Lipinski definition) is 0. The fourth-order valence-corrected chi connectivity index (χ4v) is 8.47. The molecule has 0 amide bonds. The number of fused-ring (bicyclic) bond motifs is 3. The summed E-state index contributed by atoms with van der Waals surface area (Å²) < 4.78 is 1.16. The second kappa shape index (κ2) is 13.1. The average molecular weight is 694 g/mol. The number of aromatic nitrogens is 3. The van der Waals surface area contributed by atoms with Crippen LogP contribution in [0.25, 0.3) is 98.4 Å². The molecule has 53 heavy (non-hydrogen) atoms. The maximum atomic E-state index is 5.27. The molecule has 0 aliphatic carbocycles. The van der Waals surface area contributed by atoms with E-state index >= 15 is 0 Å². The van der Waals surface area contributed by atoms with Crippen molar-refractivity contribution in [3.63, 3.8) is 0 Å². The number of rotatable bonds is 6. The van der Waals surface area contributed by atoms with E-state index in [9.17, 15) is 0 Å². The molecule has 248 valence electrons. The zero-order chi connectivity index (χ0) is 35.1. The predicted octanol–water partition coefficient (Wildman–Crippen LogP) is 13.4. The lowest BCUT2D eigenvalue weighted by Gasteiger charge is -2.18.